The van der Waals surface area contributed by atoms with Gasteiger partial charge in [0, 0.05) is 23.9 Å². The summed E-state index contributed by atoms with van der Waals surface area (Å²) in [6.07, 6.45) is 1.61. The third-order valence-electron chi connectivity index (χ3n) is 3.22. The van der Waals surface area contributed by atoms with Gasteiger partial charge in [-0.15, -0.1) is 0 Å². The molecule has 2 aromatic rings. The SMILES string of the molecule is Cc1ccc(NC(=O)[C@H](C)NC(=O)c2cccc([N+](=O)[O-])c2)nc1. The lowest BCUT2D eigenvalue weighted by molar-refractivity contribution is -0.384. The Labute approximate surface area is 138 Å². The van der Waals surface area contributed by atoms with Crippen molar-refractivity contribution in [1.82, 2.24) is 10.3 Å². The first-order valence-corrected chi connectivity index (χ1v) is 7.15. The lowest BCUT2D eigenvalue weighted by atomic mass is 10.1. The summed E-state index contributed by atoms with van der Waals surface area (Å²) in [5, 5.41) is 15.8. The fraction of sp³-hybridized carbons (Fsp3) is 0.188. The van der Waals surface area contributed by atoms with Gasteiger partial charge in [0.05, 0.1) is 4.92 Å². The number of carbonyl (C=O) groups excluding carboxylic acids is 2. The molecule has 124 valence electrons. The summed E-state index contributed by atoms with van der Waals surface area (Å²) in [4.78, 5) is 38.4. The summed E-state index contributed by atoms with van der Waals surface area (Å²) in [5.41, 5.74) is 0.876. The van der Waals surface area contributed by atoms with Crippen LogP contribution in [0.1, 0.15) is 22.8 Å². The van der Waals surface area contributed by atoms with E-state index in [1.165, 1.54) is 25.1 Å². The maximum absolute atomic E-state index is 12.1. The fourth-order valence-electron chi connectivity index (χ4n) is 1.88. The summed E-state index contributed by atoms with van der Waals surface area (Å²) in [6, 6.07) is 7.91. The molecule has 24 heavy (non-hydrogen) atoms. The van der Waals surface area contributed by atoms with Crippen LogP contribution in [0.4, 0.5) is 11.5 Å². The van der Waals surface area contributed by atoms with E-state index in [-0.39, 0.29) is 11.3 Å². The summed E-state index contributed by atoms with van der Waals surface area (Å²) >= 11 is 0. The lowest BCUT2D eigenvalue weighted by Crippen LogP contribution is -2.41. The minimum atomic E-state index is -0.833. The minimum Gasteiger partial charge on any atom is -0.341 e. The minimum absolute atomic E-state index is 0.109. The highest BCUT2D eigenvalue weighted by atomic mass is 16.6. The molecular weight excluding hydrogens is 312 g/mol. The number of nitro benzene ring substituents is 1. The number of nitrogens with one attached hydrogen (secondary N) is 2. The van der Waals surface area contributed by atoms with Crippen LogP contribution in [0.2, 0.25) is 0 Å². The Morgan fingerprint density at radius 1 is 1.25 bits per heavy atom. The number of pyridine rings is 1. The van der Waals surface area contributed by atoms with Gasteiger partial charge in [0.15, 0.2) is 0 Å². The van der Waals surface area contributed by atoms with E-state index >= 15 is 0 Å². The molecule has 2 amide bonds. The molecule has 0 aliphatic heterocycles. The van der Waals surface area contributed by atoms with Gasteiger partial charge >= 0.3 is 0 Å². The Kier molecular flexibility index (Phi) is 5.20. The van der Waals surface area contributed by atoms with Crippen LogP contribution in [0.3, 0.4) is 0 Å². The Hall–Kier alpha value is -3.29. The average Bonchev–Trinajstić information content (AvgIpc) is 2.56. The second kappa shape index (κ2) is 7.32. The van der Waals surface area contributed by atoms with Crippen LogP contribution in [0.15, 0.2) is 42.6 Å². The molecule has 2 N–H and O–H groups in total. The van der Waals surface area contributed by atoms with Gasteiger partial charge < -0.3 is 10.6 Å². The average molecular weight is 328 g/mol. The monoisotopic (exact) mass is 328 g/mol. The van der Waals surface area contributed by atoms with Crippen molar-refractivity contribution >= 4 is 23.3 Å². The summed E-state index contributed by atoms with van der Waals surface area (Å²) < 4.78 is 0. The number of amides is 2. The van der Waals surface area contributed by atoms with Gasteiger partial charge in [-0.3, -0.25) is 19.7 Å². The van der Waals surface area contributed by atoms with E-state index < -0.39 is 22.8 Å². The number of rotatable bonds is 5. The van der Waals surface area contributed by atoms with Crippen LogP contribution >= 0.6 is 0 Å². The number of hydrogen-bond acceptors (Lipinski definition) is 5. The van der Waals surface area contributed by atoms with Gasteiger partial charge in [-0.1, -0.05) is 12.1 Å². The van der Waals surface area contributed by atoms with Crippen molar-refractivity contribution in [1.29, 1.82) is 0 Å². The molecule has 1 aromatic heterocycles. The summed E-state index contributed by atoms with van der Waals surface area (Å²) in [5.74, 6) is -0.634. The molecule has 0 fully saturated rings. The van der Waals surface area contributed by atoms with E-state index in [0.29, 0.717) is 5.82 Å². The Bertz CT molecular complexity index is 774. The van der Waals surface area contributed by atoms with E-state index in [0.717, 1.165) is 11.6 Å². The van der Waals surface area contributed by atoms with Gasteiger partial charge in [-0.05, 0) is 31.5 Å². The van der Waals surface area contributed by atoms with E-state index in [2.05, 4.69) is 15.6 Å². The number of hydrogen-bond donors (Lipinski definition) is 2. The smallest absolute Gasteiger partial charge is 0.270 e. The van der Waals surface area contributed by atoms with E-state index in [1.807, 2.05) is 6.92 Å². The van der Waals surface area contributed by atoms with Gasteiger partial charge in [-0.25, -0.2) is 4.98 Å². The maximum Gasteiger partial charge on any atom is 0.270 e. The van der Waals surface area contributed by atoms with Crippen molar-refractivity contribution in [2.45, 2.75) is 19.9 Å². The van der Waals surface area contributed by atoms with Gasteiger partial charge in [0.25, 0.3) is 11.6 Å². The molecule has 1 aromatic carbocycles. The highest BCUT2D eigenvalue weighted by Crippen LogP contribution is 2.13. The number of nitrogens with zero attached hydrogens (tertiary/aromatic N) is 2. The molecule has 8 nitrogen and oxygen atoms in total. The van der Waals surface area contributed by atoms with Crippen LogP contribution in [-0.2, 0) is 4.79 Å². The zero-order chi connectivity index (χ0) is 17.7. The Balaban J connectivity index is 2.00. The lowest BCUT2D eigenvalue weighted by Gasteiger charge is -2.13. The molecule has 0 saturated carbocycles. The van der Waals surface area contributed by atoms with Crippen LogP contribution in [0.25, 0.3) is 0 Å². The van der Waals surface area contributed by atoms with Crippen molar-refractivity contribution in [3.63, 3.8) is 0 Å². The second-order valence-electron chi connectivity index (χ2n) is 5.21. The topological polar surface area (TPSA) is 114 Å². The number of aromatic nitrogens is 1. The first-order chi connectivity index (χ1) is 11.4. The fourth-order valence-corrected chi connectivity index (χ4v) is 1.88. The van der Waals surface area contributed by atoms with Gasteiger partial charge in [0.2, 0.25) is 5.91 Å². The first kappa shape index (κ1) is 17.1. The van der Waals surface area contributed by atoms with Crippen LogP contribution in [0.5, 0.6) is 0 Å². The predicted octanol–water partition coefficient (Wildman–Crippen LogP) is 2.06. The number of non-ortho nitro benzene ring substituents is 1. The molecule has 8 heteroatoms. The standard InChI is InChI=1S/C16H16N4O4/c1-10-6-7-14(17-9-10)19-15(21)11(2)18-16(22)12-4-3-5-13(8-12)20(23)24/h3-9,11H,1-2H3,(H,18,22)(H,17,19,21)/t11-/m0/s1. The molecule has 1 atom stereocenters. The summed E-state index contributed by atoms with van der Waals surface area (Å²) in [6.45, 7) is 3.39. The molecule has 0 aliphatic carbocycles. The Morgan fingerprint density at radius 3 is 2.62 bits per heavy atom. The van der Waals surface area contributed by atoms with E-state index in [1.54, 1.807) is 18.3 Å². The van der Waals surface area contributed by atoms with Crippen LogP contribution < -0.4 is 10.6 Å². The molecule has 0 unspecified atom stereocenters. The third-order valence-corrected chi connectivity index (χ3v) is 3.22. The number of anilines is 1. The van der Waals surface area contributed by atoms with Gasteiger partial charge in [-0.2, -0.15) is 0 Å². The molecular formula is C16H16N4O4. The first-order valence-electron chi connectivity index (χ1n) is 7.15. The van der Waals surface area contributed by atoms with Gasteiger partial charge in [0.1, 0.15) is 11.9 Å². The normalized spacial score (nSPS) is 11.4. The summed E-state index contributed by atoms with van der Waals surface area (Å²) in [7, 11) is 0. The molecule has 0 saturated heterocycles. The number of carbonyl (C=O) groups is 2. The highest BCUT2D eigenvalue weighted by molar-refractivity contribution is 6.00. The van der Waals surface area contributed by atoms with Crippen molar-refractivity contribution in [3.8, 4) is 0 Å². The zero-order valence-electron chi connectivity index (χ0n) is 13.1. The van der Waals surface area contributed by atoms with Crippen molar-refractivity contribution in [3.05, 3.63) is 63.8 Å². The number of aryl methyl sites for hydroxylation is 1. The van der Waals surface area contributed by atoms with E-state index in [4.69, 9.17) is 0 Å². The third kappa shape index (κ3) is 4.35. The molecule has 2 rings (SSSR count). The number of nitro groups is 1. The van der Waals surface area contributed by atoms with E-state index in [9.17, 15) is 19.7 Å². The molecule has 0 aliphatic rings. The molecule has 0 radical (unpaired) electrons. The Morgan fingerprint density at radius 2 is 2.00 bits per heavy atom. The molecule has 0 spiro atoms. The van der Waals surface area contributed by atoms with Crippen LogP contribution in [0, 0.1) is 17.0 Å². The molecule has 1 heterocycles. The second-order valence-corrected chi connectivity index (χ2v) is 5.21. The quantitative estimate of drug-likeness (QED) is 0.644. The zero-order valence-corrected chi connectivity index (χ0v) is 13.1. The number of benzene rings is 1. The predicted molar refractivity (Wildman–Crippen MR) is 87.6 cm³/mol. The maximum atomic E-state index is 12.1. The van der Waals surface area contributed by atoms with Crippen LogP contribution in [-0.4, -0.2) is 27.8 Å². The van der Waals surface area contributed by atoms with Crippen molar-refractivity contribution in [2.24, 2.45) is 0 Å². The molecule has 0 bridgehead atoms. The van der Waals surface area contributed by atoms with Crippen molar-refractivity contribution in [2.75, 3.05) is 5.32 Å². The van der Waals surface area contributed by atoms with Crippen molar-refractivity contribution < 1.29 is 14.5 Å². The highest BCUT2D eigenvalue weighted by Gasteiger charge is 2.18. The largest absolute Gasteiger partial charge is 0.341 e.